The van der Waals surface area contributed by atoms with Gasteiger partial charge in [0, 0.05) is 5.56 Å². The van der Waals surface area contributed by atoms with Crippen LogP contribution in [0.4, 0.5) is 0 Å². The second-order valence-electron chi connectivity index (χ2n) is 3.15. The largest absolute Gasteiger partial charge is 0.454 e. The lowest BCUT2D eigenvalue weighted by atomic mass is 10.2. The molecule has 0 atom stereocenters. The Balaban J connectivity index is 2.00. The van der Waals surface area contributed by atoms with Crippen LogP contribution in [0.5, 0.6) is 11.5 Å². The number of ether oxygens (including phenoxy) is 2. The van der Waals surface area contributed by atoms with E-state index in [-0.39, 0.29) is 6.79 Å². The van der Waals surface area contributed by atoms with Gasteiger partial charge in [0.2, 0.25) is 12.7 Å². The van der Waals surface area contributed by atoms with Gasteiger partial charge in [-0.25, -0.2) is 0 Å². The number of fused-ring (bicyclic) bond motifs is 1. The Hall–Kier alpha value is -1.69. The van der Waals surface area contributed by atoms with E-state index in [1.165, 1.54) is 11.8 Å². The molecule has 0 saturated carbocycles. The van der Waals surface area contributed by atoms with Crippen LogP contribution in [0.15, 0.2) is 27.8 Å². The van der Waals surface area contributed by atoms with E-state index in [2.05, 4.69) is 10.2 Å². The zero-order valence-electron chi connectivity index (χ0n) is 8.47. The maximum atomic E-state index is 5.42. The molecule has 0 radical (unpaired) electrons. The van der Waals surface area contributed by atoms with Crippen molar-refractivity contribution >= 4 is 11.8 Å². The minimum absolute atomic E-state index is 0.263. The van der Waals surface area contributed by atoms with Crippen molar-refractivity contribution in [2.45, 2.75) is 5.22 Å². The summed E-state index contributed by atoms with van der Waals surface area (Å²) in [5, 5.41) is 8.38. The van der Waals surface area contributed by atoms with Crippen molar-refractivity contribution in [3.8, 4) is 23.0 Å². The highest BCUT2D eigenvalue weighted by atomic mass is 32.2. The van der Waals surface area contributed by atoms with Crippen molar-refractivity contribution in [2.24, 2.45) is 0 Å². The summed E-state index contributed by atoms with van der Waals surface area (Å²) in [6.45, 7) is 0.263. The quantitative estimate of drug-likeness (QED) is 0.745. The van der Waals surface area contributed by atoms with Crippen LogP contribution in [0.25, 0.3) is 11.5 Å². The zero-order valence-corrected chi connectivity index (χ0v) is 9.28. The SMILES string of the molecule is CSc1nnc(-c2ccc3c(c2)OCO3)o1. The minimum Gasteiger partial charge on any atom is -0.454 e. The van der Waals surface area contributed by atoms with Crippen molar-refractivity contribution in [2.75, 3.05) is 13.0 Å². The smallest absolute Gasteiger partial charge is 0.276 e. The second kappa shape index (κ2) is 3.71. The molecule has 6 heteroatoms. The zero-order chi connectivity index (χ0) is 11.0. The number of rotatable bonds is 2. The highest BCUT2D eigenvalue weighted by Crippen LogP contribution is 2.35. The monoisotopic (exact) mass is 236 g/mol. The summed E-state index contributed by atoms with van der Waals surface area (Å²) in [4.78, 5) is 0. The predicted octanol–water partition coefficient (Wildman–Crippen LogP) is 2.19. The minimum atomic E-state index is 0.263. The normalized spacial score (nSPS) is 13.1. The topological polar surface area (TPSA) is 57.4 Å². The first-order chi connectivity index (χ1) is 7.86. The number of hydrogen-bond acceptors (Lipinski definition) is 6. The fraction of sp³-hybridized carbons (Fsp3) is 0.200. The van der Waals surface area contributed by atoms with Crippen LogP contribution in [-0.2, 0) is 0 Å². The van der Waals surface area contributed by atoms with Gasteiger partial charge >= 0.3 is 0 Å². The van der Waals surface area contributed by atoms with E-state index in [1.54, 1.807) is 0 Å². The third-order valence-electron chi connectivity index (χ3n) is 2.20. The predicted molar refractivity (Wildman–Crippen MR) is 57.6 cm³/mol. The van der Waals surface area contributed by atoms with Crippen LogP contribution in [-0.4, -0.2) is 23.2 Å². The number of nitrogens with zero attached hydrogens (tertiary/aromatic N) is 2. The number of hydrogen-bond donors (Lipinski definition) is 0. The summed E-state index contributed by atoms with van der Waals surface area (Å²) in [7, 11) is 0. The van der Waals surface area contributed by atoms with E-state index >= 15 is 0 Å². The first-order valence-corrected chi connectivity index (χ1v) is 5.87. The van der Waals surface area contributed by atoms with Crippen molar-refractivity contribution in [1.82, 2.24) is 10.2 Å². The summed E-state index contributed by atoms with van der Waals surface area (Å²) in [6.07, 6.45) is 1.89. The molecule has 2 heterocycles. The van der Waals surface area contributed by atoms with E-state index in [0.29, 0.717) is 16.9 Å². The van der Waals surface area contributed by atoms with E-state index < -0.39 is 0 Å². The van der Waals surface area contributed by atoms with Gasteiger partial charge in [0.25, 0.3) is 5.22 Å². The van der Waals surface area contributed by atoms with E-state index in [4.69, 9.17) is 13.9 Å². The summed E-state index contributed by atoms with van der Waals surface area (Å²) in [5.74, 6) is 1.94. The van der Waals surface area contributed by atoms with E-state index in [9.17, 15) is 0 Å². The lowest BCUT2D eigenvalue weighted by molar-refractivity contribution is 0.174. The van der Waals surface area contributed by atoms with Crippen molar-refractivity contribution in [3.05, 3.63) is 18.2 Å². The molecule has 1 aromatic heterocycles. The Morgan fingerprint density at radius 1 is 1.19 bits per heavy atom. The van der Waals surface area contributed by atoms with Crippen LogP contribution >= 0.6 is 11.8 Å². The summed E-state index contributed by atoms with van der Waals surface area (Å²) < 4.78 is 15.9. The van der Waals surface area contributed by atoms with Gasteiger partial charge in [-0.3, -0.25) is 0 Å². The molecule has 0 aliphatic carbocycles. The summed E-state index contributed by atoms with van der Waals surface area (Å²) in [5.41, 5.74) is 0.831. The van der Waals surface area contributed by atoms with Crippen molar-refractivity contribution in [3.63, 3.8) is 0 Å². The fourth-order valence-electron chi connectivity index (χ4n) is 1.44. The number of benzene rings is 1. The molecular weight excluding hydrogens is 228 g/mol. The molecule has 3 rings (SSSR count). The van der Waals surface area contributed by atoms with Crippen molar-refractivity contribution in [1.29, 1.82) is 0 Å². The maximum Gasteiger partial charge on any atom is 0.276 e. The third kappa shape index (κ3) is 1.51. The standard InChI is InChI=1S/C10H8N2O3S/c1-16-10-12-11-9(15-10)6-2-3-7-8(4-6)14-5-13-7/h2-4H,5H2,1H3. The Morgan fingerprint density at radius 3 is 2.88 bits per heavy atom. The molecule has 1 aliphatic rings. The van der Waals surface area contributed by atoms with Gasteiger partial charge < -0.3 is 13.9 Å². The molecule has 16 heavy (non-hydrogen) atoms. The van der Waals surface area contributed by atoms with Crippen LogP contribution in [0.1, 0.15) is 0 Å². The average Bonchev–Trinajstić information content (AvgIpc) is 2.96. The second-order valence-corrected chi connectivity index (χ2v) is 3.90. The molecule has 0 amide bonds. The average molecular weight is 236 g/mol. The van der Waals surface area contributed by atoms with Crippen LogP contribution in [0, 0.1) is 0 Å². The van der Waals surface area contributed by atoms with E-state index in [0.717, 1.165) is 11.3 Å². The van der Waals surface area contributed by atoms with Gasteiger partial charge in [0.15, 0.2) is 11.5 Å². The maximum absolute atomic E-state index is 5.42. The van der Waals surface area contributed by atoms with Gasteiger partial charge in [0.05, 0.1) is 0 Å². The molecule has 1 aliphatic heterocycles. The van der Waals surface area contributed by atoms with Crippen LogP contribution < -0.4 is 9.47 Å². The molecule has 0 N–H and O–H groups in total. The Kier molecular flexibility index (Phi) is 2.21. The lowest BCUT2D eigenvalue weighted by Gasteiger charge is -1.97. The van der Waals surface area contributed by atoms with Crippen LogP contribution in [0.2, 0.25) is 0 Å². The van der Waals surface area contributed by atoms with E-state index in [1.807, 2.05) is 24.5 Å². The number of aromatic nitrogens is 2. The molecule has 0 fully saturated rings. The Morgan fingerprint density at radius 2 is 2.06 bits per heavy atom. The highest BCUT2D eigenvalue weighted by Gasteiger charge is 2.16. The summed E-state index contributed by atoms with van der Waals surface area (Å²) >= 11 is 1.41. The van der Waals surface area contributed by atoms with Gasteiger partial charge in [-0.15, -0.1) is 10.2 Å². The van der Waals surface area contributed by atoms with Crippen LogP contribution in [0.3, 0.4) is 0 Å². The van der Waals surface area contributed by atoms with Gasteiger partial charge in [0.1, 0.15) is 0 Å². The lowest BCUT2D eigenvalue weighted by Crippen LogP contribution is -1.92. The van der Waals surface area contributed by atoms with Gasteiger partial charge in [-0.1, -0.05) is 11.8 Å². The van der Waals surface area contributed by atoms with Gasteiger partial charge in [-0.2, -0.15) is 0 Å². The molecule has 82 valence electrons. The number of thioether (sulfide) groups is 1. The molecule has 2 aromatic rings. The molecule has 0 bridgehead atoms. The fourth-order valence-corrected chi connectivity index (χ4v) is 1.72. The Bertz CT molecular complexity index is 527. The highest BCUT2D eigenvalue weighted by molar-refractivity contribution is 7.98. The molecule has 5 nitrogen and oxygen atoms in total. The molecule has 1 aromatic carbocycles. The molecule has 0 spiro atoms. The Labute approximate surface area is 95.8 Å². The van der Waals surface area contributed by atoms with Crippen molar-refractivity contribution < 1.29 is 13.9 Å². The third-order valence-corrected chi connectivity index (χ3v) is 2.71. The molecule has 0 saturated heterocycles. The molecular formula is C10H8N2O3S. The van der Waals surface area contributed by atoms with Gasteiger partial charge in [-0.05, 0) is 24.5 Å². The first kappa shape index (κ1) is 9.53. The summed E-state index contributed by atoms with van der Waals surface area (Å²) in [6, 6.07) is 5.53. The molecule has 0 unspecified atom stereocenters. The first-order valence-electron chi connectivity index (χ1n) is 4.64.